The fraction of sp³-hybridized carbons (Fsp3) is 0.417. The first-order chi connectivity index (χ1) is 7.65. The van der Waals surface area contributed by atoms with E-state index in [0.29, 0.717) is 6.04 Å². The zero-order chi connectivity index (χ0) is 11.5. The third kappa shape index (κ3) is 2.71. The number of oxazole rings is 1. The van der Waals surface area contributed by atoms with Gasteiger partial charge < -0.3 is 9.73 Å². The van der Waals surface area contributed by atoms with Gasteiger partial charge in [-0.2, -0.15) is 0 Å². The Labute approximate surface area is 99.5 Å². The maximum absolute atomic E-state index is 5.46. The lowest BCUT2D eigenvalue weighted by Gasteiger charge is -2.03. The molecule has 0 aliphatic carbocycles. The van der Waals surface area contributed by atoms with Gasteiger partial charge in [-0.05, 0) is 19.1 Å². The Morgan fingerprint density at radius 3 is 2.88 bits per heavy atom. The van der Waals surface area contributed by atoms with E-state index in [4.69, 9.17) is 4.42 Å². The molecule has 0 amide bonds. The van der Waals surface area contributed by atoms with Crippen LogP contribution in [-0.2, 0) is 6.54 Å². The summed E-state index contributed by atoms with van der Waals surface area (Å²) in [6.45, 7) is 7.07. The van der Waals surface area contributed by atoms with Crippen molar-refractivity contribution in [2.24, 2.45) is 0 Å². The molecule has 2 aromatic heterocycles. The highest BCUT2D eigenvalue weighted by Crippen LogP contribution is 2.26. The molecule has 0 unspecified atom stereocenters. The van der Waals surface area contributed by atoms with Crippen LogP contribution in [0.5, 0.6) is 0 Å². The van der Waals surface area contributed by atoms with Crippen molar-refractivity contribution >= 4 is 11.3 Å². The van der Waals surface area contributed by atoms with Crippen molar-refractivity contribution in [3.63, 3.8) is 0 Å². The molecule has 2 aromatic rings. The van der Waals surface area contributed by atoms with E-state index in [1.165, 1.54) is 4.88 Å². The minimum atomic E-state index is 0.462. The molecule has 0 saturated carbocycles. The van der Waals surface area contributed by atoms with E-state index in [2.05, 4.69) is 37.1 Å². The maximum atomic E-state index is 5.46. The van der Waals surface area contributed by atoms with Gasteiger partial charge in [0.25, 0.3) is 0 Å². The fourth-order valence-electron chi connectivity index (χ4n) is 1.36. The van der Waals surface area contributed by atoms with E-state index in [-0.39, 0.29) is 0 Å². The van der Waals surface area contributed by atoms with Crippen molar-refractivity contribution in [3.8, 4) is 10.8 Å². The van der Waals surface area contributed by atoms with Crippen LogP contribution < -0.4 is 5.32 Å². The number of hydrogen-bond donors (Lipinski definition) is 1. The number of aromatic nitrogens is 1. The molecule has 0 aliphatic heterocycles. The number of thiophene rings is 1. The lowest BCUT2D eigenvalue weighted by atomic mass is 10.3. The topological polar surface area (TPSA) is 38.1 Å². The van der Waals surface area contributed by atoms with Crippen LogP contribution in [0.25, 0.3) is 10.8 Å². The second-order valence-corrected chi connectivity index (χ2v) is 5.38. The van der Waals surface area contributed by atoms with Crippen molar-refractivity contribution < 1.29 is 4.42 Å². The summed E-state index contributed by atoms with van der Waals surface area (Å²) in [5.74, 6) is 0.721. The van der Waals surface area contributed by atoms with Gasteiger partial charge >= 0.3 is 0 Å². The highest BCUT2D eigenvalue weighted by atomic mass is 32.1. The van der Waals surface area contributed by atoms with E-state index in [1.54, 1.807) is 17.6 Å². The summed E-state index contributed by atoms with van der Waals surface area (Å²) in [6, 6.07) is 4.59. The first-order valence-electron chi connectivity index (χ1n) is 5.40. The van der Waals surface area contributed by atoms with E-state index < -0.39 is 0 Å². The summed E-state index contributed by atoms with van der Waals surface area (Å²) < 4.78 is 5.46. The van der Waals surface area contributed by atoms with Gasteiger partial charge in [0.15, 0.2) is 0 Å². The van der Waals surface area contributed by atoms with Crippen molar-refractivity contribution in [3.05, 3.63) is 29.0 Å². The number of hydrogen-bond acceptors (Lipinski definition) is 4. The molecule has 4 heteroatoms. The van der Waals surface area contributed by atoms with Gasteiger partial charge in [0.05, 0.1) is 10.6 Å². The Morgan fingerprint density at radius 1 is 1.44 bits per heavy atom. The first kappa shape index (κ1) is 11.4. The lowest BCUT2D eigenvalue weighted by molar-refractivity contribution is 0.561. The van der Waals surface area contributed by atoms with Crippen LogP contribution in [-0.4, -0.2) is 11.0 Å². The lowest BCUT2D eigenvalue weighted by Crippen LogP contribution is -2.21. The number of aryl methyl sites for hydroxylation is 1. The van der Waals surface area contributed by atoms with Crippen molar-refractivity contribution in [1.29, 1.82) is 0 Å². The zero-order valence-corrected chi connectivity index (χ0v) is 10.6. The van der Waals surface area contributed by atoms with E-state index in [0.717, 1.165) is 23.0 Å². The molecule has 0 aromatic carbocycles. The monoisotopic (exact) mass is 236 g/mol. The minimum Gasteiger partial charge on any atom is -0.444 e. The molecule has 86 valence electrons. The summed E-state index contributed by atoms with van der Waals surface area (Å²) >= 11 is 1.70. The molecule has 0 radical (unpaired) electrons. The SMILES string of the molecule is Cc1ccc(-c2nc(CNC(C)C)co2)s1. The van der Waals surface area contributed by atoms with E-state index in [1.807, 2.05) is 6.07 Å². The number of nitrogens with one attached hydrogen (secondary N) is 1. The van der Waals surface area contributed by atoms with Crippen LogP contribution in [0.2, 0.25) is 0 Å². The maximum Gasteiger partial charge on any atom is 0.236 e. The van der Waals surface area contributed by atoms with Crippen LogP contribution >= 0.6 is 11.3 Å². The molecule has 0 aliphatic rings. The standard InChI is InChI=1S/C12H16N2OS/c1-8(2)13-6-10-7-15-12(14-10)11-5-4-9(3)16-11/h4-5,7-8,13H,6H2,1-3H3. The zero-order valence-electron chi connectivity index (χ0n) is 9.78. The minimum absolute atomic E-state index is 0.462. The van der Waals surface area contributed by atoms with Gasteiger partial charge in [-0.15, -0.1) is 11.3 Å². The van der Waals surface area contributed by atoms with Gasteiger partial charge in [0.2, 0.25) is 5.89 Å². The third-order valence-electron chi connectivity index (χ3n) is 2.19. The summed E-state index contributed by atoms with van der Waals surface area (Å²) in [4.78, 5) is 6.81. The fourth-order valence-corrected chi connectivity index (χ4v) is 2.16. The van der Waals surface area contributed by atoms with Gasteiger partial charge in [-0.1, -0.05) is 13.8 Å². The molecule has 0 fully saturated rings. The molecular weight excluding hydrogens is 220 g/mol. The van der Waals surface area contributed by atoms with E-state index in [9.17, 15) is 0 Å². The van der Waals surface area contributed by atoms with Crippen molar-refractivity contribution in [1.82, 2.24) is 10.3 Å². The number of rotatable bonds is 4. The van der Waals surface area contributed by atoms with Crippen LogP contribution in [0, 0.1) is 6.92 Å². The van der Waals surface area contributed by atoms with Crippen LogP contribution in [0.1, 0.15) is 24.4 Å². The molecule has 1 N–H and O–H groups in total. The molecule has 0 bridgehead atoms. The molecule has 0 saturated heterocycles. The van der Waals surface area contributed by atoms with Gasteiger partial charge in [0, 0.05) is 17.5 Å². The average Bonchev–Trinajstić information content (AvgIpc) is 2.83. The van der Waals surface area contributed by atoms with Gasteiger partial charge in [0.1, 0.15) is 6.26 Å². The van der Waals surface area contributed by atoms with Crippen LogP contribution in [0.3, 0.4) is 0 Å². The molecule has 2 rings (SSSR count). The van der Waals surface area contributed by atoms with Crippen molar-refractivity contribution in [2.45, 2.75) is 33.4 Å². The van der Waals surface area contributed by atoms with Gasteiger partial charge in [-0.25, -0.2) is 4.98 Å². The highest BCUT2D eigenvalue weighted by Gasteiger charge is 2.08. The van der Waals surface area contributed by atoms with Crippen LogP contribution in [0.4, 0.5) is 0 Å². The molecule has 0 atom stereocenters. The van der Waals surface area contributed by atoms with Crippen molar-refractivity contribution in [2.75, 3.05) is 0 Å². The first-order valence-corrected chi connectivity index (χ1v) is 6.21. The summed E-state index contributed by atoms with van der Waals surface area (Å²) in [6.07, 6.45) is 1.72. The molecule has 3 nitrogen and oxygen atoms in total. The Kier molecular flexibility index (Phi) is 3.41. The Hall–Kier alpha value is -1.13. The Bertz CT molecular complexity index is 459. The van der Waals surface area contributed by atoms with Gasteiger partial charge in [-0.3, -0.25) is 0 Å². The predicted octanol–water partition coefficient (Wildman–Crippen LogP) is 3.21. The molecule has 0 spiro atoms. The smallest absolute Gasteiger partial charge is 0.236 e. The normalized spacial score (nSPS) is 11.2. The third-order valence-corrected chi connectivity index (χ3v) is 3.18. The second-order valence-electron chi connectivity index (χ2n) is 4.09. The highest BCUT2D eigenvalue weighted by molar-refractivity contribution is 7.15. The number of nitrogens with zero attached hydrogens (tertiary/aromatic N) is 1. The second kappa shape index (κ2) is 4.80. The Balaban J connectivity index is 2.07. The molecule has 2 heterocycles. The largest absolute Gasteiger partial charge is 0.444 e. The average molecular weight is 236 g/mol. The Morgan fingerprint density at radius 2 is 2.25 bits per heavy atom. The molecule has 16 heavy (non-hydrogen) atoms. The summed E-state index contributed by atoms with van der Waals surface area (Å²) in [5.41, 5.74) is 0.953. The predicted molar refractivity (Wildman–Crippen MR) is 66.5 cm³/mol. The summed E-state index contributed by atoms with van der Waals surface area (Å²) in [5, 5.41) is 3.31. The summed E-state index contributed by atoms with van der Waals surface area (Å²) in [7, 11) is 0. The van der Waals surface area contributed by atoms with Crippen LogP contribution in [0.15, 0.2) is 22.8 Å². The van der Waals surface area contributed by atoms with E-state index >= 15 is 0 Å². The quantitative estimate of drug-likeness (QED) is 0.885. The molecular formula is C12H16N2OS.